The smallest absolute Gasteiger partial charge is 0.459 e. The standard InChI is InChI=1S/C23H32N7O6P/c1-5-33-22(31)15(3)29-37(32,36-16-9-7-6-8-10-16)34-12-17-11-14(2)21(35-17)30-13-26-18-19(25-4)27-23(24)28-20(18)30/h6-10,13-15,17,21H,5,11-12H2,1-4H3,(H,29,32)(H3,24,25,27,28)/t14-,15-,17-,21+,37+/m0/s1. The van der Waals surface area contributed by atoms with Gasteiger partial charge in [-0.05, 0) is 32.4 Å². The summed E-state index contributed by atoms with van der Waals surface area (Å²) in [6, 6.07) is 7.66. The van der Waals surface area contributed by atoms with Crippen LogP contribution in [-0.2, 0) is 23.4 Å². The highest BCUT2D eigenvalue weighted by Crippen LogP contribution is 2.46. The number of ether oxygens (including phenoxy) is 2. The Balaban J connectivity index is 1.48. The molecule has 1 aliphatic heterocycles. The van der Waals surface area contributed by atoms with Gasteiger partial charge in [0.1, 0.15) is 18.0 Å². The van der Waals surface area contributed by atoms with E-state index >= 15 is 0 Å². The van der Waals surface area contributed by atoms with Crippen molar-refractivity contribution in [2.45, 2.75) is 45.6 Å². The lowest BCUT2D eigenvalue weighted by Crippen LogP contribution is -2.35. The third kappa shape index (κ3) is 6.19. The minimum absolute atomic E-state index is 0.0426. The van der Waals surface area contributed by atoms with Gasteiger partial charge in [-0.25, -0.2) is 9.55 Å². The van der Waals surface area contributed by atoms with Crippen molar-refractivity contribution >= 4 is 36.6 Å². The summed E-state index contributed by atoms with van der Waals surface area (Å²) >= 11 is 0. The number of esters is 1. The van der Waals surface area contributed by atoms with E-state index in [4.69, 9.17) is 24.3 Å². The molecule has 1 aromatic carbocycles. The molecule has 0 unspecified atom stereocenters. The van der Waals surface area contributed by atoms with Gasteiger partial charge in [0.25, 0.3) is 0 Å². The number of aromatic nitrogens is 4. The average Bonchev–Trinajstić information content (AvgIpc) is 3.45. The van der Waals surface area contributed by atoms with Crippen LogP contribution in [0.15, 0.2) is 36.7 Å². The Kier molecular flexibility index (Phi) is 8.28. The van der Waals surface area contributed by atoms with Crippen LogP contribution in [0.2, 0.25) is 0 Å². The van der Waals surface area contributed by atoms with Crippen LogP contribution in [-0.4, -0.2) is 57.9 Å². The molecule has 5 atom stereocenters. The monoisotopic (exact) mass is 533 g/mol. The second-order valence-electron chi connectivity index (χ2n) is 8.67. The average molecular weight is 534 g/mol. The molecule has 4 rings (SSSR count). The van der Waals surface area contributed by atoms with Crippen LogP contribution in [0.3, 0.4) is 0 Å². The fourth-order valence-electron chi connectivity index (χ4n) is 4.11. The van der Waals surface area contributed by atoms with Gasteiger partial charge in [0.15, 0.2) is 17.0 Å². The topological polar surface area (TPSA) is 165 Å². The fraction of sp³-hybridized carbons (Fsp3) is 0.478. The lowest BCUT2D eigenvalue weighted by molar-refractivity contribution is -0.144. The number of anilines is 2. The van der Waals surface area contributed by atoms with Crippen molar-refractivity contribution < 1.29 is 27.9 Å². The summed E-state index contributed by atoms with van der Waals surface area (Å²) in [5, 5.41) is 5.64. The van der Waals surface area contributed by atoms with Crippen LogP contribution in [0.1, 0.15) is 33.4 Å². The Labute approximate surface area is 214 Å². The first-order valence-corrected chi connectivity index (χ1v) is 13.5. The minimum Gasteiger partial charge on any atom is -0.465 e. The van der Waals surface area contributed by atoms with Crippen molar-refractivity contribution in [2.24, 2.45) is 5.92 Å². The molecule has 0 bridgehead atoms. The molecule has 0 radical (unpaired) electrons. The van der Waals surface area contributed by atoms with Gasteiger partial charge in [-0.15, -0.1) is 0 Å². The number of imidazole rings is 1. The van der Waals surface area contributed by atoms with Gasteiger partial charge in [0.05, 0.1) is 25.6 Å². The highest BCUT2D eigenvalue weighted by Gasteiger charge is 2.38. The summed E-state index contributed by atoms with van der Waals surface area (Å²) in [6.45, 7) is 5.41. The number of hydrogen-bond acceptors (Lipinski definition) is 11. The molecular formula is C23H32N7O6P. The Morgan fingerprint density at radius 1 is 1.32 bits per heavy atom. The van der Waals surface area contributed by atoms with Crippen LogP contribution in [0, 0.1) is 5.92 Å². The summed E-state index contributed by atoms with van der Waals surface area (Å²) < 4.78 is 38.2. The van der Waals surface area contributed by atoms with Gasteiger partial charge in [-0.1, -0.05) is 25.1 Å². The molecule has 1 saturated heterocycles. The maximum absolute atomic E-state index is 13.7. The van der Waals surface area contributed by atoms with Gasteiger partial charge < -0.3 is 25.0 Å². The Morgan fingerprint density at radius 2 is 2.08 bits per heavy atom. The number of fused-ring (bicyclic) bond motifs is 1. The van der Waals surface area contributed by atoms with E-state index in [1.165, 1.54) is 6.92 Å². The van der Waals surface area contributed by atoms with Crippen molar-refractivity contribution in [1.29, 1.82) is 0 Å². The van der Waals surface area contributed by atoms with E-state index in [9.17, 15) is 9.36 Å². The van der Waals surface area contributed by atoms with Crippen molar-refractivity contribution in [1.82, 2.24) is 24.6 Å². The van der Waals surface area contributed by atoms with Gasteiger partial charge in [-0.3, -0.25) is 13.9 Å². The lowest BCUT2D eigenvalue weighted by atomic mass is 10.1. The van der Waals surface area contributed by atoms with Crippen LogP contribution >= 0.6 is 7.75 Å². The lowest BCUT2D eigenvalue weighted by Gasteiger charge is -2.24. The molecule has 3 heterocycles. The zero-order chi connectivity index (χ0) is 26.6. The molecule has 2 aromatic heterocycles. The van der Waals surface area contributed by atoms with E-state index in [1.54, 1.807) is 55.2 Å². The molecule has 0 saturated carbocycles. The van der Waals surface area contributed by atoms with E-state index in [1.807, 2.05) is 6.92 Å². The SMILES string of the molecule is CCOC(=O)[C@H](C)N[P@@](=O)(OC[C@@H]1C[C@H](C)[C@H](n2cnc3c(NC)nc(N)nc32)O1)Oc1ccccc1. The van der Waals surface area contributed by atoms with E-state index in [-0.39, 0.29) is 25.1 Å². The van der Waals surface area contributed by atoms with Gasteiger partial charge in [0.2, 0.25) is 5.95 Å². The number of nitrogen functional groups attached to an aromatic ring is 1. The molecule has 200 valence electrons. The molecule has 4 N–H and O–H groups in total. The van der Waals surface area contributed by atoms with E-state index in [0.717, 1.165) is 0 Å². The second-order valence-corrected chi connectivity index (χ2v) is 10.4. The van der Waals surface area contributed by atoms with Gasteiger partial charge >= 0.3 is 13.7 Å². The number of benzene rings is 1. The number of carbonyl (C=O) groups excluding carboxylic acids is 1. The van der Waals surface area contributed by atoms with Crippen molar-refractivity contribution in [3.8, 4) is 5.75 Å². The normalized spacial score (nSPS) is 21.9. The number of hydrogen-bond donors (Lipinski definition) is 3. The van der Waals surface area contributed by atoms with Gasteiger partial charge in [-0.2, -0.15) is 15.1 Å². The summed E-state index contributed by atoms with van der Waals surface area (Å²) in [6.07, 6.45) is 1.43. The third-order valence-electron chi connectivity index (χ3n) is 5.79. The van der Waals surface area contributed by atoms with Crippen molar-refractivity contribution in [3.63, 3.8) is 0 Å². The molecule has 1 aliphatic rings. The molecule has 37 heavy (non-hydrogen) atoms. The molecule has 0 spiro atoms. The number of para-hydroxylation sites is 1. The number of carbonyl (C=O) groups is 1. The van der Waals surface area contributed by atoms with E-state index in [2.05, 4.69) is 25.4 Å². The highest BCUT2D eigenvalue weighted by atomic mass is 31.2. The number of nitrogens with one attached hydrogen (secondary N) is 2. The van der Waals surface area contributed by atoms with Crippen LogP contribution in [0.25, 0.3) is 11.2 Å². The Hall–Kier alpha value is -3.25. The maximum Gasteiger partial charge on any atom is 0.459 e. The first-order chi connectivity index (χ1) is 17.7. The first-order valence-electron chi connectivity index (χ1n) is 12.0. The van der Waals surface area contributed by atoms with E-state index in [0.29, 0.717) is 29.2 Å². The van der Waals surface area contributed by atoms with E-state index < -0.39 is 32.1 Å². The predicted octanol–water partition coefficient (Wildman–Crippen LogP) is 3.12. The third-order valence-corrected chi connectivity index (χ3v) is 7.44. The maximum atomic E-state index is 13.7. The largest absolute Gasteiger partial charge is 0.465 e. The molecule has 13 nitrogen and oxygen atoms in total. The van der Waals surface area contributed by atoms with Crippen LogP contribution in [0.4, 0.5) is 11.8 Å². The Bertz CT molecular complexity index is 1270. The molecule has 14 heteroatoms. The highest BCUT2D eigenvalue weighted by molar-refractivity contribution is 7.52. The number of nitrogens with zero attached hydrogens (tertiary/aromatic N) is 4. The molecule has 0 aliphatic carbocycles. The van der Waals surface area contributed by atoms with Gasteiger partial charge in [0, 0.05) is 13.0 Å². The fourth-order valence-corrected chi connectivity index (χ4v) is 5.63. The quantitative estimate of drug-likeness (QED) is 0.244. The summed E-state index contributed by atoms with van der Waals surface area (Å²) in [5.74, 6) is 0.456. The van der Waals surface area contributed by atoms with Crippen molar-refractivity contribution in [3.05, 3.63) is 36.7 Å². The predicted molar refractivity (Wildman–Crippen MR) is 137 cm³/mol. The summed E-state index contributed by atoms with van der Waals surface area (Å²) in [5.41, 5.74) is 6.99. The second kappa shape index (κ2) is 11.4. The van der Waals surface area contributed by atoms with Crippen LogP contribution in [0.5, 0.6) is 5.75 Å². The molecular weight excluding hydrogens is 501 g/mol. The zero-order valence-corrected chi connectivity index (χ0v) is 22.1. The number of nitrogens with two attached hydrogens (primary N) is 1. The molecule has 0 amide bonds. The molecule has 3 aromatic rings. The molecule has 1 fully saturated rings. The van der Waals surface area contributed by atoms with Crippen LogP contribution < -0.4 is 20.7 Å². The summed E-state index contributed by atoms with van der Waals surface area (Å²) in [4.78, 5) is 25.1. The van der Waals surface area contributed by atoms with Crippen molar-refractivity contribution in [2.75, 3.05) is 31.3 Å². The Morgan fingerprint density at radius 3 is 2.78 bits per heavy atom. The minimum atomic E-state index is -3.98. The zero-order valence-electron chi connectivity index (χ0n) is 21.2. The summed E-state index contributed by atoms with van der Waals surface area (Å²) in [7, 11) is -2.25. The first kappa shape index (κ1) is 26.8. The number of rotatable bonds is 11.